The van der Waals surface area contributed by atoms with Gasteiger partial charge < -0.3 is 0 Å². The largest absolute Gasteiger partial charge is 0.419 e. The molecule has 8 nitrogen and oxygen atoms in total. The van der Waals surface area contributed by atoms with E-state index in [2.05, 4.69) is 20.8 Å². The Balaban J connectivity index is 2.71. The molecule has 1 heterocycles. The Kier molecular flexibility index (Phi) is 8.23. The van der Waals surface area contributed by atoms with Gasteiger partial charge in [-0.15, -0.1) is 0 Å². The minimum absolute atomic E-state index is 0.190. The van der Waals surface area contributed by atoms with E-state index in [0.29, 0.717) is 17.7 Å². The lowest BCUT2D eigenvalue weighted by Gasteiger charge is -2.19. The number of aromatic nitrogens is 2. The van der Waals surface area contributed by atoms with Crippen molar-refractivity contribution in [3.8, 4) is 0 Å². The number of rotatable bonds is 10. The van der Waals surface area contributed by atoms with Crippen molar-refractivity contribution < 1.29 is 28.0 Å². The fraction of sp³-hybridized carbons (Fsp3) is 0.600. The van der Waals surface area contributed by atoms with Gasteiger partial charge in [0.1, 0.15) is 0 Å². The smallest absolute Gasteiger partial charge is 0.286 e. The lowest BCUT2D eigenvalue weighted by molar-refractivity contribution is -0.154. The van der Waals surface area contributed by atoms with E-state index >= 15 is 0 Å². The third-order valence-electron chi connectivity index (χ3n) is 3.64. The van der Waals surface area contributed by atoms with Gasteiger partial charge in [-0.05, 0) is 13.3 Å². The molecule has 0 unspecified atom stereocenters. The Morgan fingerprint density at radius 2 is 2.12 bits per heavy atom. The Bertz CT molecular complexity index is 613. The third kappa shape index (κ3) is 6.82. The molecule has 2 amide bonds. The molecule has 0 saturated heterocycles. The van der Waals surface area contributed by atoms with Crippen LogP contribution in [0.25, 0.3) is 0 Å². The van der Waals surface area contributed by atoms with Crippen molar-refractivity contribution in [3.63, 3.8) is 0 Å². The summed E-state index contributed by atoms with van der Waals surface area (Å²) in [6.07, 6.45) is -0.786. The second-order valence-electron chi connectivity index (χ2n) is 5.72. The molecule has 0 aliphatic rings. The molecule has 26 heavy (non-hydrogen) atoms. The number of nitrogens with zero attached hydrogens (tertiary/aromatic N) is 3. The maximum absolute atomic E-state index is 12.7. The first-order valence-corrected chi connectivity index (χ1v) is 8.06. The minimum Gasteiger partial charge on any atom is -0.286 e. The number of anilines is 1. The van der Waals surface area contributed by atoms with E-state index in [9.17, 15) is 28.0 Å². The first-order valence-electron chi connectivity index (χ1n) is 8.06. The van der Waals surface area contributed by atoms with Crippen molar-refractivity contribution >= 4 is 18.3 Å². The Labute approximate surface area is 148 Å². The summed E-state index contributed by atoms with van der Waals surface area (Å²) < 4.78 is 38.0. The van der Waals surface area contributed by atoms with Crippen LogP contribution in [0.4, 0.5) is 19.1 Å². The molecular formula is C15H22F3N5O3. The van der Waals surface area contributed by atoms with E-state index in [-0.39, 0.29) is 24.6 Å². The summed E-state index contributed by atoms with van der Waals surface area (Å²) in [4.78, 5) is 29.9. The predicted octanol–water partition coefficient (Wildman–Crippen LogP) is 2.29. The molecule has 0 aliphatic heterocycles. The van der Waals surface area contributed by atoms with E-state index in [1.54, 1.807) is 0 Å². The topological polar surface area (TPSA) is 107 Å². The Morgan fingerprint density at radius 3 is 2.65 bits per heavy atom. The van der Waals surface area contributed by atoms with Crippen molar-refractivity contribution in [2.75, 3.05) is 12.0 Å². The van der Waals surface area contributed by atoms with Crippen LogP contribution in [0.3, 0.4) is 0 Å². The summed E-state index contributed by atoms with van der Waals surface area (Å²) in [7, 11) is 0. The van der Waals surface area contributed by atoms with Crippen LogP contribution >= 0.6 is 0 Å². The summed E-state index contributed by atoms with van der Waals surface area (Å²) in [5, 5.41) is 9.67. The van der Waals surface area contributed by atoms with E-state index in [0.717, 1.165) is 19.3 Å². The van der Waals surface area contributed by atoms with Crippen molar-refractivity contribution in [2.24, 2.45) is 5.92 Å². The monoisotopic (exact) mass is 377 g/mol. The number of halogens is 3. The highest BCUT2D eigenvalue weighted by Crippen LogP contribution is 2.30. The van der Waals surface area contributed by atoms with Crippen LogP contribution in [0.5, 0.6) is 0 Å². The SMILES string of the molecule is CCCCC[C@H](CN(O)C=O)C(=O)NNc1ncc(C(F)(F)F)c(C)n1. The second kappa shape index (κ2) is 9.90. The quantitative estimate of drug-likeness (QED) is 0.250. The van der Waals surface area contributed by atoms with Gasteiger partial charge in [0.25, 0.3) is 0 Å². The molecule has 11 heteroatoms. The highest BCUT2D eigenvalue weighted by Gasteiger charge is 2.33. The standard InChI is InChI=1S/C15H22F3N5O3/c1-3-4-5-6-11(8-23(26)9-24)13(25)21-22-14-19-7-12(10(2)20-14)15(16,17)18/h7,9,11,26H,3-6,8H2,1-2H3,(H,21,25)(H,19,20,22)/t11-/m1/s1. The molecule has 146 valence electrons. The van der Waals surface area contributed by atoms with Gasteiger partial charge in [-0.2, -0.15) is 13.2 Å². The van der Waals surface area contributed by atoms with E-state index < -0.39 is 23.6 Å². The summed E-state index contributed by atoms with van der Waals surface area (Å²) in [5.41, 5.74) is 3.39. The van der Waals surface area contributed by atoms with Gasteiger partial charge in [0.05, 0.1) is 23.7 Å². The lowest BCUT2D eigenvalue weighted by atomic mass is 10.0. The van der Waals surface area contributed by atoms with Gasteiger partial charge in [0, 0.05) is 6.20 Å². The fourth-order valence-corrected chi connectivity index (χ4v) is 2.24. The molecule has 0 saturated carbocycles. The third-order valence-corrected chi connectivity index (χ3v) is 3.64. The van der Waals surface area contributed by atoms with E-state index in [1.165, 1.54) is 6.92 Å². The highest BCUT2D eigenvalue weighted by atomic mass is 19.4. The summed E-state index contributed by atoms with van der Waals surface area (Å²) in [6, 6.07) is 0. The van der Waals surface area contributed by atoms with Crippen LogP contribution < -0.4 is 10.9 Å². The summed E-state index contributed by atoms with van der Waals surface area (Å²) in [5.74, 6) is -1.43. The van der Waals surface area contributed by atoms with Crippen molar-refractivity contribution in [2.45, 2.75) is 45.7 Å². The number of hydroxylamine groups is 2. The molecule has 0 radical (unpaired) electrons. The van der Waals surface area contributed by atoms with Gasteiger partial charge in [0.15, 0.2) is 0 Å². The number of carbonyl (C=O) groups excluding carboxylic acids is 2. The van der Waals surface area contributed by atoms with Crippen LogP contribution in [0.15, 0.2) is 6.20 Å². The molecule has 1 aromatic rings. The number of unbranched alkanes of at least 4 members (excludes halogenated alkanes) is 2. The number of alkyl halides is 3. The molecule has 0 spiro atoms. The van der Waals surface area contributed by atoms with Gasteiger partial charge >= 0.3 is 6.18 Å². The maximum atomic E-state index is 12.7. The molecule has 0 fully saturated rings. The predicted molar refractivity (Wildman–Crippen MR) is 85.7 cm³/mol. The van der Waals surface area contributed by atoms with Crippen molar-refractivity contribution in [1.82, 2.24) is 20.5 Å². The van der Waals surface area contributed by atoms with Crippen LogP contribution in [-0.4, -0.2) is 39.1 Å². The molecule has 0 bridgehead atoms. The van der Waals surface area contributed by atoms with Gasteiger partial charge in [-0.25, -0.2) is 15.0 Å². The summed E-state index contributed by atoms with van der Waals surface area (Å²) in [6.45, 7) is 2.97. The number of hydrogen-bond acceptors (Lipinski definition) is 6. The molecule has 0 aromatic carbocycles. The average Bonchev–Trinajstić information content (AvgIpc) is 2.57. The first-order chi connectivity index (χ1) is 12.2. The number of nitrogens with one attached hydrogen (secondary N) is 2. The van der Waals surface area contributed by atoms with Gasteiger partial charge in [-0.1, -0.05) is 26.2 Å². The molecule has 1 aromatic heterocycles. The van der Waals surface area contributed by atoms with Gasteiger partial charge in [0.2, 0.25) is 18.3 Å². The second-order valence-corrected chi connectivity index (χ2v) is 5.72. The number of hydrazine groups is 1. The van der Waals surface area contributed by atoms with Crippen molar-refractivity contribution in [3.05, 3.63) is 17.5 Å². The molecule has 1 atom stereocenters. The first kappa shape index (κ1) is 21.6. The number of amides is 2. The molecule has 0 aliphatic carbocycles. The van der Waals surface area contributed by atoms with Crippen LogP contribution in [0.2, 0.25) is 0 Å². The van der Waals surface area contributed by atoms with Gasteiger partial charge in [-0.3, -0.25) is 25.6 Å². The minimum atomic E-state index is -4.56. The van der Waals surface area contributed by atoms with E-state index in [4.69, 9.17) is 0 Å². The lowest BCUT2D eigenvalue weighted by Crippen LogP contribution is -2.40. The Morgan fingerprint density at radius 1 is 1.42 bits per heavy atom. The van der Waals surface area contributed by atoms with Crippen LogP contribution in [0, 0.1) is 12.8 Å². The highest BCUT2D eigenvalue weighted by molar-refractivity contribution is 5.80. The number of carbonyl (C=O) groups is 2. The number of aryl methyl sites for hydroxylation is 1. The maximum Gasteiger partial charge on any atom is 0.419 e. The molecular weight excluding hydrogens is 355 g/mol. The van der Waals surface area contributed by atoms with E-state index in [1.807, 2.05) is 6.92 Å². The molecule has 3 N–H and O–H groups in total. The fourth-order valence-electron chi connectivity index (χ4n) is 2.24. The summed E-state index contributed by atoms with van der Waals surface area (Å²) >= 11 is 0. The van der Waals surface area contributed by atoms with Crippen molar-refractivity contribution in [1.29, 1.82) is 0 Å². The Hall–Kier alpha value is -2.43. The zero-order chi connectivity index (χ0) is 19.7. The zero-order valence-electron chi connectivity index (χ0n) is 14.5. The normalized spacial score (nSPS) is 12.4. The molecule has 1 rings (SSSR count). The number of hydrogen-bond donors (Lipinski definition) is 3. The van der Waals surface area contributed by atoms with Crippen LogP contribution in [-0.2, 0) is 15.8 Å². The average molecular weight is 377 g/mol. The zero-order valence-corrected chi connectivity index (χ0v) is 14.5. The van der Waals surface area contributed by atoms with Crippen LogP contribution in [0.1, 0.15) is 43.9 Å².